The van der Waals surface area contributed by atoms with Gasteiger partial charge >= 0.3 is 0 Å². The number of sulfone groups is 1. The number of carbonyl (C=O) groups is 1. The molecular formula is C13H18N2O4S. The standard InChI is InChI=1S/C13H18N2O4S/c14-11-5-1-2-6-12(11)19-8-13(16)15-10-4-3-7-20(17,18)9-10/h1-2,5-6,10H,3-4,7-9,14H2,(H,15,16). The minimum absolute atomic E-state index is 0.00617. The summed E-state index contributed by atoms with van der Waals surface area (Å²) in [5.74, 6) is 0.317. The lowest BCUT2D eigenvalue weighted by Crippen LogP contribution is -2.44. The number of anilines is 1. The Kier molecular flexibility index (Phi) is 4.49. The highest BCUT2D eigenvalue weighted by Crippen LogP contribution is 2.19. The highest BCUT2D eigenvalue weighted by molar-refractivity contribution is 7.91. The Labute approximate surface area is 118 Å². The number of nitrogens with one attached hydrogen (secondary N) is 1. The van der Waals surface area contributed by atoms with Crippen LogP contribution in [-0.4, -0.2) is 38.5 Å². The van der Waals surface area contributed by atoms with Crippen LogP contribution in [-0.2, 0) is 14.6 Å². The van der Waals surface area contributed by atoms with E-state index >= 15 is 0 Å². The molecule has 0 spiro atoms. The maximum absolute atomic E-state index is 11.7. The van der Waals surface area contributed by atoms with E-state index in [2.05, 4.69) is 5.32 Å². The fraction of sp³-hybridized carbons (Fsp3) is 0.462. The van der Waals surface area contributed by atoms with Gasteiger partial charge in [0.2, 0.25) is 0 Å². The second-order valence-corrected chi connectivity index (χ2v) is 7.08. The molecule has 1 fully saturated rings. The SMILES string of the molecule is Nc1ccccc1OCC(=O)NC1CCCS(=O)(=O)C1. The summed E-state index contributed by atoms with van der Waals surface area (Å²) in [5, 5.41) is 2.68. The van der Waals surface area contributed by atoms with Gasteiger partial charge in [-0.2, -0.15) is 0 Å². The minimum Gasteiger partial charge on any atom is -0.482 e. The third kappa shape index (κ3) is 4.12. The van der Waals surface area contributed by atoms with E-state index in [4.69, 9.17) is 10.5 Å². The summed E-state index contributed by atoms with van der Waals surface area (Å²) < 4.78 is 28.2. The molecule has 0 radical (unpaired) electrons. The van der Waals surface area contributed by atoms with Crippen molar-refractivity contribution in [2.75, 3.05) is 23.8 Å². The molecule has 1 heterocycles. The Morgan fingerprint density at radius 3 is 2.85 bits per heavy atom. The summed E-state index contributed by atoms with van der Waals surface area (Å²) in [5.41, 5.74) is 6.15. The van der Waals surface area contributed by atoms with Crippen LogP contribution >= 0.6 is 0 Å². The molecule has 20 heavy (non-hydrogen) atoms. The largest absolute Gasteiger partial charge is 0.482 e. The van der Waals surface area contributed by atoms with E-state index in [-0.39, 0.29) is 30.1 Å². The zero-order chi connectivity index (χ0) is 14.6. The van der Waals surface area contributed by atoms with Gasteiger partial charge in [-0.15, -0.1) is 0 Å². The third-order valence-corrected chi connectivity index (χ3v) is 4.93. The van der Waals surface area contributed by atoms with Crippen LogP contribution < -0.4 is 15.8 Å². The van der Waals surface area contributed by atoms with Gasteiger partial charge in [0.1, 0.15) is 5.75 Å². The smallest absolute Gasteiger partial charge is 0.258 e. The summed E-state index contributed by atoms with van der Waals surface area (Å²) in [6.07, 6.45) is 1.26. The van der Waals surface area contributed by atoms with Crippen molar-refractivity contribution in [1.29, 1.82) is 0 Å². The minimum atomic E-state index is -3.03. The zero-order valence-electron chi connectivity index (χ0n) is 11.0. The van der Waals surface area contributed by atoms with E-state index in [1.165, 1.54) is 0 Å². The lowest BCUT2D eigenvalue weighted by Gasteiger charge is -2.23. The first-order valence-corrected chi connectivity index (χ1v) is 8.25. The van der Waals surface area contributed by atoms with Gasteiger partial charge in [-0.05, 0) is 25.0 Å². The van der Waals surface area contributed by atoms with Crippen molar-refractivity contribution in [1.82, 2.24) is 5.32 Å². The fourth-order valence-corrected chi connectivity index (χ4v) is 3.80. The number of nitrogen functional groups attached to an aromatic ring is 1. The van der Waals surface area contributed by atoms with E-state index in [0.717, 1.165) is 0 Å². The van der Waals surface area contributed by atoms with Crippen molar-refractivity contribution in [3.63, 3.8) is 0 Å². The molecule has 0 aromatic heterocycles. The Morgan fingerprint density at radius 1 is 1.40 bits per heavy atom. The van der Waals surface area contributed by atoms with E-state index in [0.29, 0.717) is 24.3 Å². The molecule has 1 aliphatic heterocycles. The average molecular weight is 298 g/mol. The molecule has 7 heteroatoms. The Bertz CT molecular complexity index is 586. The quantitative estimate of drug-likeness (QED) is 0.781. The zero-order valence-corrected chi connectivity index (χ0v) is 11.9. The fourth-order valence-electron chi connectivity index (χ4n) is 2.16. The third-order valence-electron chi connectivity index (χ3n) is 3.11. The number of hydrogen-bond donors (Lipinski definition) is 2. The van der Waals surface area contributed by atoms with E-state index in [1.807, 2.05) is 0 Å². The molecular weight excluding hydrogens is 280 g/mol. The Hall–Kier alpha value is -1.76. The summed E-state index contributed by atoms with van der Waals surface area (Å²) in [6.45, 7) is -0.176. The van der Waals surface area contributed by atoms with Crippen LogP contribution in [0.4, 0.5) is 5.69 Å². The molecule has 0 saturated carbocycles. The van der Waals surface area contributed by atoms with Crippen molar-refractivity contribution < 1.29 is 17.9 Å². The average Bonchev–Trinajstić information content (AvgIpc) is 2.36. The van der Waals surface area contributed by atoms with Gasteiger partial charge in [0.05, 0.1) is 17.2 Å². The molecule has 3 N–H and O–H groups in total. The normalized spacial score (nSPS) is 21.1. The molecule has 1 aliphatic rings. The van der Waals surface area contributed by atoms with E-state index in [9.17, 15) is 13.2 Å². The second kappa shape index (κ2) is 6.13. The van der Waals surface area contributed by atoms with Crippen LogP contribution in [0.25, 0.3) is 0 Å². The number of hydrogen-bond acceptors (Lipinski definition) is 5. The predicted molar refractivity (Wildman–Crippen MR) is 76.2 cm³/mol. The lowest BCUT2D eigenvalue weighted by atomic mass is 10.2. The van der Waals surface area contributed by atoms with Crippen LogP contribution in [0.1, 0.15) is 12.8 Å². The molecule has 2 rings (SSSR count). The molecule has 6 nitrogen and oxygen atoms in total. The molecule has 110 valence electrons. The highest BCUT2D eigenvalue weighted by atomic mass is 32.2. The maximum atomic E-state index is 11.7. The second-order valence-electron chi connectivity index (χ2n) is 4.85. The first kappa shape index (κ1) is 14.6. The number of benzene rings is 1. The van der Waals surface area contributed by atoms with Crippen LogP contribution in [0.15, 0.2) is 24.3 Å². The summed E-state index contributed by atoms with van der Waals surface area (Å²) in [6, 6.07) is 6.57. The molecule has 1 amide bonds. The summed E-state index contributed by atoms with van der Waals surface area (Å²) in [4.78, 5) is 11.7. The number of amides is 1. The topological polar surface area (TPSA) is 98.5 Å². The number of ether oxygens (including phenoxy) is 1. The Balaban J connectivity index is 1.83. The number of carbonyl (C=O) groups excluding carboxylic acids is 1. The van der Waals surface area contributed by atoms with E-state index in [1.54, 1.807) is 24.3 Å². The number of rotatable bonds is 4. The van der Waals surface area contributed by atoms with Crippen molar-refractivity contribution in [3.8, 4) is 5.75 Å². The monoisotopic (exact) mass is 298 g/mol. The molecule has 1 aromatic rings. The van der Waals surface area contributed by atoms with Gasteiger partial charge in [-0.25, -0.2) is 8.42 Å². The van der Waals surface area contributed by atoms with Crippen molar-refractivity contribution in [3.05, 3.63) is 24.3 Å². The van der Waals surface area contributed by atoms with Crippen LogP contribution in [0, 0.1) is 0 Å². The molecule has 1 saturated heterocycles. The molecule has 1 aromatic carbocycles. The van der Waals surface area contributed by atoms with Gasteiger partial charge in [0, 0.05) is 6.04 Å². The molecule has 1 atom stereocenters. The Morgan fingerprint density at radius 2 is 2.15 bits per heavy atom. The summed E-state index contributed by atoms with van der Waals surface area (Å²) >= 11 is 0. The first-order chi connectivity index (χ1) is 9.46. The molecule has 0 bridgehead atoms. The van der Waals surface area contributed by atoms with Crippen molar-refractivity contribution >= 4 is 21.4 Å². The van der Waals surface area contributed by atoms with Gasteiger partial charge in [0.15, 0.2) is 16.4 Å². The van der Waals surface area contributed by atoms with Gasteiger partial charge in [-0.1, -0.05) is 12.1 Å². The van der Waals surface area contributed by atoms with E-state index < -0.39 is 9.84 Å². The summed E-state index contributed by atoms with van der Waals surface area (Å²) in [7, 11) is -3.03. The van der Waals surface area contributed by atoms with Gasteiger partial charge in [0.25, 0.3) is 5.91 Å². The number of nitrogens with two attached hydrogens (primary N) is 1. The van der Waals surface area contributed by atoms with Gasteiger partial charge in [-0.3, -0.25) is 4.79 Å². The van der Waals surface area contributed by atoms with Crippen LogP contribution in [0.2, 0.25) is 0 Å². The van der Waals surface area contributed by atoms with Crippen LogP contribution in [0.3, 0.4) is 0 Å². The highest BCUT2D eigenvalue weighted by Gasteiger charge is 2.25. The lowest BCUT2D eigenvalue weighted by molar-refractivity contribution is -0.123. The maximum Gasteiger partial charge on any atom is 0.258 e. The molecule has 0 aliphatic carbocycles. The van der Waals surface area contributed by atoms with Crippen molar-refractivity contribution in [2.24, 2.45) is 0 Å². The number of para-hydroxylation sites is 2. The first-order valence-electron chi connectivity index (χ1n) is 6.43. The molecule has 1 unspecified atom stereocenters. The predicted octanol–water partition coefficient (Wildman–Crippen LogP) is 0.341. The van der Waals surface area contributed by atoms with Crippen molar-refractivity contribution in [2.45, 2.75) is 18.9 Å². The van der Waals surface area contributed by atoms with Gasteiger partial charge < -0.3 is 15.8 Å². The van der Waals surface area contributed by atoms with Crippen LogP contribution in [0.5, 0.6) is 5.75 Å².